The van der Waals surface area contributed by atoms with E-state index in [1.807, 2.05) is 13.0 Å². The average Bonchev–Trinajstić information content (AvgIpc) is 2.94. The molecule has 1 fully saturated rings. The molecular weight excluding hydrogens is 276 g/mol. The molecule has 0 radical (unpaired) electrons. The van der Waals surface area contributed by atoms with Gasteiger partial charge in [-0.25, -0.2) is 0 Å². The molecule has 4 rings (SSSR count). The summed E-state index contributed by atoms with van der Waals surface area (Å²) in [5.41, 5.74) is 9.79. The lowest BCUT2D eigenvalue weighted by Gasteiger charge is -2.34. The zero-order chi connectivity index (χ0) is 15.3. The van der Waals surface area contributed by atoms with E-state index in [4.69, 9.17) is 10.3 Å². The van der Waals surface area contributed by atoms with Gasteiger partial charge in [-0.05, 0) is 51.3 Å². The summed E-state index contributed by atoms with van der Waals surface area (Å²) >= 11 is 0. The molecule has 1 aliphatic carbocycles. The molecule has 5 nitrogen and oxygen atoms in total. The van der Waals surface area contributed by atoms with Gasteiger partial charge in [-0.2, -0.15) is 4.98 Å². The lowest BCUT2D eigenvalue weighted by atomic mass is 9.77. The number of rotatable bonds is 2. The van der Waals surface area contributed by atoms with Gasteiger partial charge in [-0.15, -0.1) is 0 Å². The summed E-state index contributed by atoms with van der Waals surface area (Å²) in [6, 6.07) is 8.27. The number of nitrogens with zero attached hydrogens (tertiary/aromatic N) is 3. The van der Waals surface area contributed by atoms with E-state index in [1.165, 1.54) is 5.56 Å². The van der Waals surface area contributed by atoms with Crippen LogP contribution in [-0.2, 0) is 5.54 Å². The van der Waals surface area contributed by atoms with Crippen LogP contribution in [0.1, 0.15) is 36.3 Å². The number of benzene rings is 1. The Morgan fingerprint density at radius 3 is 2.68 bits per heavy atom. The largest absolute Gasteiger partial charge is 0.334 e. The predicted octanol–water partition coefficient (Wildman–Crippen LogP) is 3.24. The first-order chi connectivity index (χ1) is 10.5. The van der Waals surface area contributed by atoms with Crippen LogP contribution >= 0.6 is 0 Å². The third kappa shape index (κ3) is 2.01. The number of hydrogen-bond donors (Lipinski definition) is 1. The number of pyridine rings is 1. The SMILES string of the molecule is Cc1ccc2nc(C)c(-c3nc(C4(N)CCC4)no3)cc2c1. The number of fused-ring (bicyclic) bond motifs is 1. The van der Waals surface area contributed by atoms with Crippen molar-refractivity contribution in [3.63, 3.8) is 0 Å². The van der Waals surface area contributed by atoms with Crippen molar-refractivity contribution < 1.29 is 4.52 Å². The molecule has 0 aliphatic heterocycles. The van der Waals surface area contributed by atoms with E-state index in [-0.39, 0.29) is 0 Å². The molecule has 0 atom stereocenters. The highest BCUT2D eigenvalue weighted by Gasteiger charge is 2.39. The first kappa shape index (κ1) is 13.4. The Kier molecular flexibility index (Phi) is 2.81. The van der Waals surface area contributed by atoms with Gasteiger partial charge in [0.25, 0.3) is 5.89 Å². The molecule has 3 aromatic rings. The highest BCUT2D eigenvalue weighted by Crippen LogP contribution is 2.38. The molecule has 5 heteroatoms. The van der Waals surface area contributed by atoms with Crippen LogP contribution in [-0.4, -0.2) is 15.1 Å². The highest BCUT2D eigenvalue weighted by atomic mass is 16.5. The minimum atomic E-state index is -0.406. The van der Waals surface area contributed by atoms with Crippen molar-refractivity contribution in [1.29, 1.82) is 0 Å². The molecule has 1 aromatic carbocycles. The maximum absolute atomic E-state index is 6.26. The summed E-state index contributed by atoms with van der Waals surface area (Å²) in [5.74, 6) is 1.11. The van der Waals surface area contributed by atoms with Crippen molar-refractivity contribution in [3.8, 4) is 11.5 Å². The van der Waals surface area contributed by atoms with Gasteiger partial charge >= 0.3 is 0 Å². The maximum Gasteiger partial charge on any atom is 0.259 e. The molecule has 0 saturated heterocycles. The second-order valence-corrected chi connectivity index (χ2v) is 6.25. The van der Waals surface area contributed by atoms with Gasteiger partial charge in [-0.3, -0.25) is 4.98 Å². The monoisotopic (exact) mass is 294 g/mol. The predicted molar refractivity (Wildman–Crippen MR) is 84.2 cm³/mol. The lowest BCUT2D eigenvalue weighted by Crippen LogP contribution is -2.44. The van der Waals surface area contributed by atoms with Crippen molar-refractivity contribution in [2.75, 3.05) is 0 Å². The number of aryl methyl sites for hydroxylation is 2. The topological polar surface area (TPSA) is 77.8 Å². The Bertz CT molecular complexity index is 864. The Balaban J connectivity index is 1.81. The molecule has 0 amide bonds. The van der Waals surface area contributed by atoms with Crippen molar-refractivity contribution >= 4 is 10.9 Å². The zero-order valence-corrected chi connectivity index (χ0v) is 12.8. The van der Waals surface area contributed by atoms with Gasteiger partial charge in [0, 0.05) is 5.39 Å². The zero-order valence-electron chi connectivity index (χ0n) is 12.8. The van der Waals surface area contributed by atoms with Gasteiger partial charge in [-0.1, -0.05) is 16.8 Å². The molecule has 1 aliphatic rings. The van der Waals surface area contributed by atoms with E-state index in [0.29, 0.717) is 11.7 Å². The quantitative estimate of drug-likeness (QED) is 0.785. The molecular formula is C17H18N4O. The highest BCUT2D eigenvalue weighted by molar-refractivity contribution is 5.84. The number of nitrogens with two attached hydrogens (primary N) is 1. The smallest absolute Gasteiger partial charge is 0.259 e. The summed E-state index contributed by atoms with van der Waals surface area (Å²) in [6.07, 6.45) is 2.95. The lowest BCUT2D eigenvalue weighted by molar-refractivity contribution is 0.229. The van der Waals surface area contributed by atoms with E-state index in [9.17, 15) is 0 Å². The Labute approximate surface area is 128 Å². The van der Waals surface area contributed by atoms with Crippen LogP contribution in [0.25, 0.3) is 22.4 Å². The van der Waals surface area contributed by atoms with E-state index < -0.39 is 5.54 Å². The van der Waals surface area contributed by atoms with Gasteiger partial charge in [0.15, 0.2) is 5.82 Å². The van der Waals surface area contributed by atoms with Crippen LogP contribution in [0.4, 0.5) is 0 Å². The number of aromatic nitrogens is 3. The van der Waals surface area contributed by atoms with Crippen molar-refractivity contribution in [2.24, 2.45) is 5.73 Å². The molecule has 0 unspecified atom stereocenters. The third-order valence-electron chi connectivity index (χ3n) is 4.51. The minimum Gasteiger partial charge on any atom is -0.334 e. The molecule has 2 aromatic heterocycles. The molecule has 22 heavy (non-hydrogen) atoms. The molecule has 2 heterocycles. The van der Waals surface area contributed by atoms with E-state index in [1.54, 1.807) is 0 Å². The normalized spacial score (nSPS) is 16.7. The summed E-state index contributed by atoms with van der Waals surface area (Å²) < 4.78 is 5.45. The minimum absolute atomic E-state index is 0.406. The van der Waals surface area contributed by atoms with Crippen molar-refractivity contribution in [1.82, 2.24) is 15.1 Å². The van der Waals surface area contributed by atoms with Gasteiger partial charge < -0.3 is 10.3 Å². The fourth-order valence-corrected chi connectivity index (χ4v) is 2.93. The fraction of sp³-hybridized carbons (Fsp3) is 0.353. The van der Waals surface area contributed by atoms with E-state index >= 15 is 0 Å². The summed E-state index contributed by atoms with van der Waals surface area (Å²) in [7, 11) is 0. The number of hydrogen-bond acceptors (Lipinski definition) is 5. The Hall–Kier alpha value is -2.27. The summed E-state index contributed by atoms with van der Waals surface area (Å²) in [5, 5.41) is 5.16. The van der Waals surface area contributed by atoms with Gasteiger partial charge in [0.05, 0.1) is 22.3 Å². The van der Waals surface area contributed by atoms with Crippen molar-refractivity contribution in [2.45, 2.75) is 38.6 Å². The summed E-state index contributed by atoms with van der Waals surface area (Å²) in [4.78, 5) is 9.16. The van der Waals surface area contributed by atoms with Crippen LogP contribution in [0, 0.1) is 13.8 Å². The molecule has 0 spiro atoms. The second kappa shape index (κ2) is 4.61. The maximum atomic E-state index is 6.26. The van der Waals surface area contributed by atoms with Crippen LogP contribution < -0.4 is 5.73 Å². The first-order valence-corrected chi connectivity index (χ1v) is 7.57. The van der Waals surface area contributed by atoms with Crippen LogP contribution in [0.3, 0.4) is 0 Å². The van der Waals surface area contributed by atoms with Crippen LogP contribution in [0.5, 0.6) is 0 Å². The van der Waals surface area contributed by atoms with Gasteiger partial charge in [0.1, 0.15) is 0 Å². The van der Waals surface area contributed by atoms with Gasteiger partial charge in [0.2, 0.25) is 0 Å². The van der Waals surface area contributed by atoms with Crippen LogP contribution in [0.2, 0.25) is 0 Å². The Morgan fingerprint density at radius 2 is 1.95 bits per heavy atom. The average molecular weight is 294 g/mol. The van der Waals surface area contributed by atoms with Crippen molar-refractivity contribution in [3.05, 3.63) is 41.3 Å². The Morgan fingerprint density at radius 1 is 1.14 bits per heavy atom. The van der Waals surface area contributed by atoms with E-state index in [0.717, 1.165) is 41.4 Å². The fourth-order valence-electron chi connectivity index (χ4n) is 2.93. The first-order valence-electron chi connectivity index (χ1n) is 7.57. The third-order valence-corrected chi connectivity index (χ3v) is 4.51. The molecule has 0 bridgehead atoms. The summed E-state index contributed by atoms with van der Waals surface area (Å²) in [6.45, 7) is 4.03. The standard InChI is InChI=1S/C17H18N4O/c1-10-4-5-14-12(8-10)9-13(11(2)19-14)15-20-16(21-22-15)17(18)6-3-7-17/h4-5,8-9H,3,6-7,18H2,1-2H3. The molecule has 112 valence electrons. The van der Waals surface area contributed by atoms with E-state index in [2.05, 4.69) is 40.2 Å². The second-order valence-electron chi connectivity index (χ2n) is 6.25. The van der Waals surface area contributed by atoms with Crippen LogP contribution in [0.15, 0.2) is 28.8 Å². The molecule has 1 saturated carbocycles. The molecule has 2 N–H and O–H groups in total.